The number of nitrogens with zero attached hydrogens (tertiary/aromatic N) is 3. The summed E-state index contributed by atoms with van der Waals surface area (Å²) in [6, 6.07) is 14.1. The first-order valence-electron chi connectivity index (χ1n) is 7.63. The summed E-state index contributed by atoms with van der Waals surface area (Å²) in [4.78, 5) is 13.3. The molecule has 1 heterocycles. The molecule has 3 rings (SSSR count). The molecule has 9 heteroatoms. The molecule has 2 aromatic carbocycles. The van der Waals surface area contributed by atoms with Gasteiger partial charge in [-0.05, 0) is 6.92 Å². The van der Waals surface area contributed by atoms with Crippen LogP contribution in [0.15, 0.2) is 48.5 Å². The van der Waals surface area contributed by atoms with E-state index in [9.17, 15) is 0 Å². The van der Waals surface area contributed by atoms with Crippen molar-refractivity contribution in [3.63, 3.8) is 0 Å². The molecule has 0 radical (unpaired) electrons. The molecule has 0 saturated heterocycles. The van der Waals surface area contributed by atoms with Crippen molar-refractivity contribution in [3.05, 3.63) is 65.5 Å². The van der Waals surface area contributed by atoms with Crippen LogP contribution < -0.4 is 0 Å². The molecule has 0 aliphatic carbocycles. The van der Waals surface area contributed by atoms with E-state index in [2.05, 4.69) is 15.0 Å². The van der Waals surface area contributed by atoms with E-state index in [1.54, 1.807) is 43.3 Å². The van der Waals surface area contributed by atoms with Gasteiger partial charge in [0, 0.05) is 22.3 Å². The lowest BCUT2D eigenvalue weighted by Crippen LogP contribution is -2.08. The summed E-state index contributed by atoms with van der Waals surface area (Å²) in [7, 11) is 0. The number of aromatic nitrogens is 3. The molecule has 3 nitrogen and oxygen atoms in total. The molecule has 0 spiro atoms. The molecule has 0 saturated carbocycles. The highest BCUT2D eigenvalue weighted by Gasteiger charge is 2.29. The quantitative estimate of drug-likeness (QED) is 0.364. The van der Waals surface area contributed by atoms with Gasteiger partial charge in [0.1, 0.15) is 5.82 Å². The van der Waals surface area contributed by atoms with Crippen LogP contribution in [-0.4, -0.2) is 15.0 Å². The molecule has 140 valence electrons. The van der Waals surface area contributed by atoms with Gasteiger partial charge < -0.3 is 0 Å². The molecular formula is C18H11Cl6N3. The van der Waals surface area contributed by atoms with Crippen LogP contribution in [0, 0.1) is 6.92 Å². The number of hydrogen-bond acceptors (Lipinski definition) is 3. The van der Waals surface area contributed by atoms with E-state index >= 15 is 0 Å². The zero-order chi connectivity index (χ0) is 19.8. The van der Waals surface area contributed by atoms with Crippen LogP contribution in [0.25, 0.3) is 22.8 Å². The van der Waals surface area contributed by atoms with Crippen molar-refractivity contribution in [2.75, 3.05) is 0 Å². The molecular weight excluding hydrogens is 471 g/mol. The number of alkyl halides is 6. The SMILES string of the molecule is Cc1nc(-c2ccccc2C(Cl)(Cl)Cl)nc(-c2ccccc2C(Cl)(Cl)Cl)n1. The Kier molecular flexibility index (Phi) is 6.12. The Morgan fingerprint density at radius 3 is 1.33 bits per heavy atom. The third kappa shape index (κ3) is 4.79. The van der Waals surface area contributed by atoms with Gasteiger partial charge in [0.25, 0.3) is 0 Å². The van der Waals surface area contributed by atoms with Crippen molar-refractivity contribution >= 4 is 69.6 Å². The van der Waals surface area contributed by atoms with Crippen molar-refractivity contribution < 1.29 is 0 Å². The van der Waals surface area contributed by atoms with E-state index in [4.69, 9.17) is 69.6 Å². The van der Waals surface area contributed by atoms with Gasteiger partial charge in [-0.3, -0.25) is 0 Å². The van der Waals surface area contributed by atoms with Crippen molar-refractivity contribution in [1.29, 1.82) is 0 Å². The van der Waals surface area contributed by atoms with Crippen molar-refractivity contribution in [3.8, 4) is 22.8 Å². The fourth-order valence-electron chi connectivity index (χ4n) is 2.57. The predicted octanol–water partition coefficient (Wildman–Crippen LogP) is 7.17. The Bertz CT molecular complexity index is 904. The number of benzene rings is 2. The van der Waals surface area contributed by atoms with Gasteiger partial charge in [-0.25, -0.2) is 15.0 Å². The van der Waals surface area contributed by atoms with Crippen molar-refractivity contribution in [1.82, 2.24) is 15.0 Å². The van der Waals surface area contributed by atoms with Gasteiger partial charge in [-0.2, -0.15) is 0 Å². The first kappa shape index (κ1) is 20.9. The predicted molar refractivity (Wildman–Crippen MR) is 114 cm³/mol. The van der Waals surface area contributed by atoms with Crippen LogP contribution >= 0.6 is 69.6 Å². The maximum atomic E-state index is 6.10. The average Bonchev–Trinajstić information content (AvgIpc) is 2.60. The molecule has 0 N–H and O–H groups in total. The molecule has 0 atom stereocenters. The first-order chi connectivity index (χ1) is 12.6. The number of rotatable bonds is 2. The largest absolute Gasteiger partial charge is 0.216 e. The van der Waals surface area contributed by atoms with E-state index in [0.29, 0.717) is 39.7 Å². The summed E-state index contributed by atoms with van der Waals surface area (Å²) >= 11 is 36.6. The molecule has 1 aromatic heterocycles. The highest BCUT2D eigenvalue weighted by molar-refractivity contribution is 6.67. The smallest absolute Gasteiger partial charge is 0.213 e. The van der Waals surface area contributed by atoms with Crippen LogP contribution in [0.5, 0.6) is 0 Å². The topological polar surface area (TPSA) is 38.7 Å². The highest BCUT2D eigenvalue weighted by atomic mass is 35.6. The second kappa shape index (κ2) is 7.90. The Hall–Kier alpha value is -0.810. The molecule has 0 bridgehead atoms. The number of hydrogen-bond donors (Lipinski definition) is 0. The van der Waals surface area contributed by atoms with E-state index < -0.39 is 7.59 Å². The van der Waals surface area contributed by atoms with Crippen LogP contribution in [0.2, 0.25) is 0 Å². The molecule has 27 heavy (non-hydrogen) atoms. The van der Waals surface area contributed by atoms with Gasteiger partial charge in [-0.15, -0.1) is 0 Å². The maximum Gasteiger partial charge on any atom is 0.216 e. The third-order valence-electron chi connectivity index (χ3n) is 3.69. The molecule has 0 aliphatic heterocycles. The lowest BCUT2D eigenvalue weighted by Gasteiger charge is -2.18. The Morgan fingerprint density at radius 1 is 0.593 bits per heavy atom. The highest BCUT2D eigenvalue weighted by Crippen LogP contribution is 2.44. The minimum atomic E-state index is -1.63. The fourth-order valence-corrected chi connectivity index (χ4v) is 3.56. The molecule has 0 amide bonds. The normalized spacial score (nSPS) is 12.3. The van der Waals surface area contributed by atoms with E-state index in [1.165, 1.54) is 0 Å². The number of halogens is 6. The van der Waals surface area contributed by atoms with Crippen LogP contribution in [0.3, 0.4) is 0 Å². The van der Waals surface area contributed by atoms with Crippen LogP contribution in [-0.2, 0) is 7.59 Å². The molecule has 0 fully saturated rings. The van der Waals surface area contributed by atoms with Crippen LogP contribution in [0.4, 0.5) is 0 Å². The zero-order valence-corrected chi connectivity index (χ0v) is 18.3. The van der Waals surface area contributed by atoms with Crippen LogP contribution in [0.1, 0.15) is 17.0 Å². The van der Waals surface area contributed by atoms with Gasteiger partial charge in [0.2, 0.25) is 7.59 Å². The van der Waals surface area contributed by atoms with Crippen molar-refractivity contribution in [2.24, 2.45) is 0 Å². The summed E-state index contributed by atoms with van der Waals surface area (Å²) in [5, 5.41) is 0. The lowest BCUT2D eigenvalue weighted by atomic mass is 10.1. The Balaban J connectivity index is 2.23. The third-order valence-corrected chi connectivity index (χ3v) is 4.92. The maximum absolute atomic E-state index is 6.10. The second-order valence-electron chi connectivity index (χ2n) is 5.62. The second-order valence-corrected chi connectivity index (χ2v) is 10.2. The summed E-state index contributed by atoms with van der Waals surface area (Å²) in [5.74, 6) is 1.20. The van der Waals surface area contributed by atoms with Gasteiger partial charge in [0.15, 0.2) is 11.6 Å². The molecule has 3 aromatic rings. The average molecular weight is 482 g/mol. The first-order valence-corrected chi connectivity index (χ1v) is 9.90. The van der Waals surface area contributed by atoms with Gasteiger partial charge in [-0.1, -0.05) is 118 Å². The van der Waals surface area contributed by atoms with E-state index in [0.717, 1.165) is 0 Å². The van der Waals surface area contributed by atoms with E-state index in [1.807, 2.05) is 12.1 Å². The summed E-state index contributed by atoms with van der Waals surface area (Å²) in [6.45, 7) is 1.74. The zero-order valence-electron chi connectivity index (χ0n) is 13.7. The fraction of sp³-hybridized carbons (Fsp3) is 0.167. The summed E-state index contributed by atoms with van der Waals surface area (Å²) < 4.78 is -3.26. The van der Waals surface area contributed by atoms with E-state index in [-0.39, 0.29) is 0 Å². The Morgan fingerprint density at radius 2 is 0.963 bits per heavy atom. The lowest BCUT2D eigenvalue weighted by molar-refractivity contribution is 0.983. The summed E-state index contributed by atoms with van der Waals surface area (Å²) in [5.41, 5.74) is 2.08. The molecule has 0 unspecified atom stereocenters. The minimum Gasteiger partial charge on any atom is -0.213 e. The summed E-state index contributed by atoms with van der Waals surface area (Å²) in [6.07, 6.45) is 0. The van der Waals surface area contributed by atoms with Crippen molar-refractivity contribution in [2.45, 2.75) is 14.5 Å². The standard InChI is InChI=1S/C18H11Cl6N3/c1-10-25-15(11-6-2-4-8-13(11)17(19,20)21)27-16(26-10)12-7-3-5-9-14(12)18(22,23)24/h2-9H,1H3. The van der Waals surface area contributed by atoms with Gasteiger partial charge >= 0.3 is 0 Å². The Labute approximate surface area is 186 Å². The monoisotopic (exact) mass is 479 g/mol. The van der Waals surface area contributed by atoms with Gasteiger partial charge in [0.05, 0.1) is 0 Å². The minimum absolute atomic E-state index is 0.360. The molecule has 0 aliphatic rings. The number of aryl methyl sites for hydroxylation is 1.